The molecule has 0 fully saturated rings. The van der Waals surface area contributed by atoms with Gasteiger partial charge in [-0.25, -0.2) is 14.4 Å². The molecule has 0 spiro atoms. The van der Waals surface area contributed by atoms with E-state index in [1.165, 1.54) is 0 Å². The Morgan fingerprint density at radius 3 is 1.40 bits per heavy atom. The molecule has 22 heteroatoms. The maximum Gasteiger partial charge on any atom is 0.407 e. The fourth-order valence-corrected chi connectivity index (χ4v) is 6.69. The van der Waals surface area contributed by atoms with Gasteiger partial charge in [-0.3, -0.25) is 19.2 Å². The van der Waals surface area contributed by atoms with Crippen molar-refractivity contribution < 1.29 is 71.5 Å². The van der Waals surface area contributed by atoms with Crippen molar-refractivity contribution in [1.29, 1.82) is 0 Å². The third kappa shape index (κ3) is 59.1. The number of esters is 1. The Morgan fingerprint density at radius 2 is 0.939 bits per heavy atom. The Hall–Kier alpha value is -5.58. The zero-order valence-electron chi connectivity index (χ0n) is 52.7. The van der Waals surface area contributed by atoms with Crippen LogP contribution in [-0.2, 0) is 63.7 Å². The quantitative estimate of drug-likeness (QED) is 0.0140. The molecule has 1 rings (SSSR count). The number of carbonyl (C=O) groups is 8. The molecule has 6 amide bonds. The van der Waals surface area contributed by atoms with Crippen LogP contribution >= 0.6 is 0 Å². The van der Waals surface area contributed by atoms with E-state index in [4.69, 9.17) is 33.2 Å². The first-order valence-electron chi connectivity index (χ1n) is 29.6. The van der Waals surface area contributed by atoms with Gasteiger partial charge in [-0.2, -0.15) is 0 Å². The van der Waals surface area contributed by atoms with Crippen molar-refractivity contribution in [2.45, 2.75) is 215 Å². The number of alkyl carbamates (subject to hydrolysis) is 3. The summed E-state index contributed by atoms with van der Waals surface area (Å²) in [6.45, 7) is 27.1. The van der Waals surface area contributed by atoms with Crippen molar-refractivity contribution in [1.82, 2.24) is 37.2 Å². The predicted octanol–water partition coefficient (Wildman–Crippen LogP) is 8.75. The Kier molecular flexibility index (Phi) is 51.4. The van der Waals surface area contributed by atoms with Crippen LogP contribution in [0.15, 0.2) is 30.3 Å². The van der Waals surface area contributed by atoms with E-state index in [2.05, 4.69) is 37.2 Å². The van der Waals surface area contributed by atoms with Crippen molar-refractivity contribution in [2.24, 2.45) is 0 Å². The smallest absolute Gasteiger partial charge is 0.407 e. The number of benzene rings is 1. The molecule has 0 radical (unpaired) electrons. The van der Waals surface area contributed by atoms with Gasteiger partial charge < -0.3 is 75.2 Å². The molecule has 1 unspecified atom stereocenters. The number of hydrogen-bond donors (Lipinski definition) is 7. The number of aldehydes is 1. The summed E-state index contributed by atoms with van der Waals surface area (Å²) in [5.74, 6) is -0.487. The highest BCUT2D eigenvalue weighted by Gasteiger charge is 2.34. The summed E-state index contributed by atoms with van der Waals surface area (Å²) in [6.07, 6.45) is 11.9. The first-order valence-corrected chi connectivity index (χ1v) is 29.6. The molecule has 1 aromatic rings. The molecule has 1 atom stereocenters. The standard InChI is InChI=1S/C40H67N3O10.C9H18N2O3.C9H20N2O2.C2H6/c1-5-27-49-31-40(32-50-28-18-26-44,33-51-29-23-35(45)41-24-17-25-42-38(48)53-39(2,3)4)43-36(46)21-15-10-8-6-7-9-11-16-22-37(47)52-30-34-19-13-12-14-20-34;1-9(2,3)14-8(13)11-6-4-5-10-7-12;1-9(2,3)13-8(12)11-7-5-6-10-4;1-2/h12-14,19-20,26H,5-11,15-18,21-25,27-33H2,1-4H3,(H,41,45)(H,42,48)(H,43,46);7H,4-6H2,1-3H3,(H,10,12)(H,11,13);10H,5-7H2,1-4H3,(H,11,12);1-2H3. The number of unbranched alkanes of at least 4 members (excludes halogenated alkanes) is 7. The van der Waals surface area contributed by atoms with Crippen LogP contribution in [0.3, 0.4) is 0 Å². The summed E-state index contributed by atoms with van der Waals surface area (Å²) >= 11 is 0. The Balaban J connectivity index is -0.00000174. The van der Waals surface area contributed by atoms with E-state index in [-0.39, 0.29) is 69.8 Å². The Bertz CT molecular complexity index is 1790. The lowest BCUT2D eigenvalue weighted by Gasteiger charge is -2.34. The second kappa shape index (κ2) is 52.2. The van der Waals surface area contributed by atoms with Crippen LogP contribution in [0.25, 0.3) is 0 Å². The van der Waals surface area contributed by atoms with Gasteiger partial charge in [0.05, 0.1) is 33.0 Å². The van der Waals surface area contributed by atoms with E-state index in [9.17, 15) is 38.4 Å². The van der Waals surface area contributed by atoms with Crippen molar-refractivity contribution >= 4 is 48.8 Å². The molecule has 22 nitrogen and oxygen atoms in total. The minimum absolute atomic E-state index is 0.0708. The molecule has 0 bridgehead atoms. The zero-order valence-corrected chi connectivity index (χ0v) is 52.7. The van der Waals surface area contributed by atoms with E-state index < -0.39 is 34.5 Å². The largest absolute Gasteiger partial charge is 0.461 e. The van der Waals surface area contributed by atoms with Gasteiger partial charge in [0.25, 0.3) is 0 Å². The molecule has 82 heavy (non-hydrogen) atoms. The van der Waals surface area contributed by atoms with E-state index in [1.54, 1.807) is 41.5 Å². The molecular weight excluding hydrogens is 1060 g/mol. The number of ether oxygens (including phenoxy) is 7. The van der Waals surface area contributed by atoms with Crippen molar-refractivity contribution in [2.75, 3.05) is 86.0 Å². The van der Waals surface area contributed by atoms with Gasteiger partial charge in [-0.15, -0.1) is 0 Å². The maximum atomic E-state index is 13.1. The first-order chi connectivity index (χ1) is 38.9. The van der Waals surface area contributed by atoms with Gasteiger partial charge in [0.2, 0.25) is 18.2 Å². The number of hydrogen-bond acceptors (Lipinski definition) is 16. The van der Waals surface area contributed by atoms with Crippen LogP contribution in [0.1, 0.15) is 191 Å². The molecule has 0 heterocycles. The first kappa shape index (κ1) is 80.6. The highest BCUT2D eigenvalue weighted by molar-refractivity contribution is 5.77. The van der Waals surface area contributed by atoms with Crippen molar-refractivity contribution in [3.63, 3.8) is 0 Å². The zero-order chi connectivity index (χ0) is 62.4. The highest BCUT2D eigenvalue weighted by atomic mass is 16.6. The Morgan fingerprint density at radius 1 is 0.500 bits per heavy atom. The molecule has 0 saturated heterocycles. The van der Waals surface area contributed by atoms with Gasteiger partial charge in [-0.1, -0.05) is 89.6 Å². The van der Waals surface area contributed by atoms with Crippen molar-refractivity contribution in [3.8, 4) is 0 Å². The molecule has 7 N–H and O–H groups in total. The fourth-order valence-electron chi connectivity index (χ4n) is 6.69. The Labute approximate surface area is 492 Å². The van der Waals surface area contributed by atoms with Gasteiger partial charge >= 0.3 is 24.2 Å². The van der Waals surface area contributed by atoms with E-state index in [0.29, 0.717) is 78.0 Å². The van der Waals surface area contributed by atoms with Gasteiger partial charge in [0.15, 0.2) is 0 Å². The van der Waals surface area contributed by atoms with Crippen LogP contribution in [0.2, 0.25) is 0 Å². The normalized spacial score (nSPS) is 11.6. The molecule has 476 valence electrons. The molecular formula is C60H111N7O15. The molecule has 1 aromatic carbocycles. The summed E-state index contributed by atoms with van der Waals surface area (Å²) < 4.78 is 38.1. The second-order valence-corrected chi connectivity index (χ2v) is 22.0. The predicted molar refractivity (Wildman–Crippen MR) is 320 cm³/mol. The lowest BCUT2D eigenvalue weighted by atomic mass is 10.0. The van der Waals surface area contributed by atoms with E-state index in [0.717, 1.165) is 82.6 Å². The maximum absolute atomic E-state index is 13.1. The van der Waals surface area contributed by atoms with Gasteiger partial charge in [0, 0.05) is 65.0 Å². The summed E-state index contributed by atoms with van der Waals surface area (Å²) in [7, 11) is 1.88. The van der Waals surface area contributed by atoms with E-state index in [1.807, 2.05) is 78.9 Å². The average molecular weight is 1170 g/mol. The van der Waals surface area contributed by atoms with Crippen LogP contribution in [0.4, 0.5) is 14.4 Å². The minimum atomic E-state index is -0.979. The highest BCUT2D eigenvalue weighted by Crippen LogP contribution is 2.15. The van der Waals surface area contributed by atoms with Gasteiger partial charge in [0.1, 0.15) is 35.2 Å². The van der Waals surface area contributed by atoms with Crippen LogP contribution < -0.4 is 37.2 Å². The number of carbonyl (C=O) groups excluding carboxylic acids is 8. The molecule has 0 saturated carbocycles. The summed E-state index contributed by atoms with van der Waals surface area (Å²) in [5, 5.41) is 19.3. The molecule has 0 aliphatic rings. The third-order valence-corrected chi connectivity index (χ3v) is 10.4. The average Bonchev–Trinajstić information content (AvgIpc) is 3.42. The van der Waals surface area contributed by atoms with Crippen LogP contribution in [0.5, 0.6) is 0 Å². The monoisotopic (exact) mass is 1170 g/mol. The molecule has 0 aromatic heterocycles. The SMILES string of the molecule is CC.CC(C)(C)OC(=O)NCCCNC=O.CCCOCC(COCCC=O)(COCCC(=O)NCCCNC(=O)OC(C)(C)C)NC(=O)CCCCCCCCCCC(=O)OCc1ccccc1.CNCCCNC(=O)OC(C)(C)C. The lowest BCUT2D eigenvalue weighted by molar-refractivity contribution is -0.145. The summed E-state index contributed by atoms with van der Waals surface area (Å²) in [5.41, 5.74) is -1.44. The minimum Gasteiger partial charge on any atom is -0.461 e. The second-order valence-electron chi connectivity index (χ2n) is 22.0. The number of amides is 6. The summed E-state index contributed by atoms with van der Waals surface area (Å²) in [6, 6.07) is 9.67. The third-order valence-electron chi connectivity index (χ3n) is 10.4. The number of rotatable bonds is 41. The number of nitrogens with one attached hydrogen (secondary N) is 7. The molecule has 0 aliphatic carbocycles. The molecule has 0 aliphatic heterocycles. The van der Waals surface area contributed by atoms with Crippen LogP contribution in [-0.4, -0.2) is 157 Å². The van der Waals surface area contributed by atoms with Gasteiger partial charge in [-0.05, 0) is 120 Å². The van der Waals surface area contributed by atoms with Crippen LogP contribution in [0, 0.1) is 0 Å². The van der Waals surface area contributed by atoms with Crippen molar-refractivity contribution in [3.05, 3.63) is 35.9 Å². The lowest BCUT2D eigenvalue weighted by Crippen LogP contribution is -2.58. The van der Waals surface area contributed by atoms with E-state index >= 15 is 0 Å². The summed E-state index contributed by atoms with van der Waals surface area (Å²) in [4.78, 5) is 92.0. The topological polar surface area (TPSA) is 285 Å². The fraction of sp³-hybridized carbons (Fsp3) is 0.767.